The van der Waals surface area contributed by atoms with Crippen molar-refractivity contribution < 1.29 is 14.0 Å². The van der Waals surface area contributed by atoms with Crippen LogP contribution in [0.3, 0.4) is 0 Å². The summed E-state index contributed by atoms with van der Waals surface area (Å²) >= 11 is 0. The van der Waals surface area contributed by atoms with Gasteiger partial charge in [-0.2, -0.15) is 5.10 Å². The topological polar surface area (TPSA) is 74.9 Å². The Balaban J connectivity index is 1.42. The Morgan fingerprint density at radius 3 is 2.70 bits per heavy atom. The van der Waals surface area contributed by atoms with Crippen molar-refractivity contribution in [2.75, 3.05) is 0 Å². The van der Waals surface area contributed by atoms with E-state index in [1.54, 1.807) is 6.92 Å². The molecule has 0 radical (unpaired) electrons. The van der Waals surface area contributed by atoms with Crippen LogP contribution >= 0.6 is 0 Å². The molecule has 6 nitrogen and oxygen atoms in total. The summed E-state index contributed by atoms with van der Waals surface area (Å²) in [5.74, 6) is 2.26. The SMILES string of the molecule is C[C@@H]1C[C@@H]1c1ccc(/C=N\N2C(=O)N[C@](C)(CCc3ccccc3)C2=O)o1. The Hall–Kier alpha value is -2.89. The van der Waals surface area contributed by atoms with Crippen molar-refractivity contribution in [3.63, 3.8) is 0 Å². The molecule has 1 aromatic carbocycles. The fraction of sp³-hybridized carbons (Fsp3) is 0.381. The summed E-state index contributed by atoms with van der Waals surface area (Å²) in [5.41, 5.74) is 0.169. The lowest BCUT2D eigenvalue weighted by atomic mass is 9.93. The van der Waals surface area contributed by atoms with E-state index < -0.39 is 11.6 Å². The van der Waals surface area contributed by atoms with E-state index >= 15 is 0 Å². The van der Waals surface area contributed by atoms with Gasteiger partial charge < -0.3 is 9.73 Å². The van der Waals surface area contributed by atoms with Gasteiger partial charge in [-0.1, -0.05) is 37.3 Å². The minimum absolute atomic E-state index is 0.345. The maximum absolute atomic E-state index is 12.7. The second-order valence-corrected chi connectivity index (χ2v) is 7.67. The van der Waals surface area contributed by atoms with E-state index in [1.165, 1.54) is 6.21 Å². The third-order valence-corrected chi connectivity index (χ3v) is 5.42. The van der Waals surface area contributed by atoms with Gasteiger partial charge >= 0.3 is 6.03 Å². The van der Waals surface area contributed by atoms with Gasteiger partial charge in [0.1, 0.15) is 17.1 Å². The van der Waals surface area contributed by atoms with Gasteiger partial charge in [0.2, 0.25) is 0 Å². The first-order chi connectivity index (χ1) is 13.0. The van der Waals surface area contributed by atoms with Crippen LogP contribution < -0.4 is 5.32 Å². The third kappa shape index (κ3) is 3.52. The van der Waals surface area contributed by atoms with E-state index in [9.17, 15) is 9.59 Å². The molecule has 3 amide bonds. The number of furan rings is 1. The molecule has 0 spiro atoms. The highest BCUT2D eigenvalue weighted by Gasteiger charge is 2.47. The minimum atomic E-state index is -0.956. The lowest BCUT2D eigenvalue weighted by molar-refractivity contribution is -0.130. The van der Waals surface area contributed by atoms with Gasteiger partial charge in [0, 0.05) is 5.92 Å². The zero-order valence-corrected chi connectivity index (χ0v) is 15.5. The minimum Gasteiger partial charge on any atom is -0.460 e. The van der Waals surface area contributed by atoms with E-state index in [0.717, 1.165) is 22.8 Å². The second kappa shape index (κ2) is 6.68. The van der Waals surface area contributed by atoms with E-state index in [-0.39, 0.29) is 5.91 Å². The molecule has 1 saturated carbocycles. The Bertz CT molecular complexity index is 889. The van der Waals surface area contributed by atoms with Crippen LogP contribution in [0.25, 0.3) is 0 Å². The number of urea groups is 1. The first kappa shape index (κ1) is 17.5. The first-order valence-electron chi connectivity index (χ1n) is 9.30. The van der Waals surface area contributed by atoms with Crippen LogP contribution in [-0.4, -0.2) is 28.7 Å². The number of nitrogens with zero attached hydrogens (tertiary/aromatic N) is 2. The molecule has 6 heteroatoms. The van der Waals surface area contributed by atoms with Crippen molar-refractivity contribution in [2.45, 2.75) is 44.6 Å². The van der Waals surface area contributed by atoms with Crippen molar-refractivity contribution in [3.8, 4) is 0 Å². The summed E-state index contributed by atoms with van der Waals surface area (Å²) in [5, 5.41) is 7.74. The Morgan fingerprint density at radius 1 is 1.26 bits per heavy atom. The molecule has 1 aliphatic heterocycles. The van der Waals surface area contributed by atoms with Gasteiger partial charge in [-0.3, -0.25) is 4.79 Å². The quantitative estimate of drug-likeness (QED) is 0.627. The van der Waals surface area contributed by atoms with E-state index in [4.69, 9.17) is 4.42 Å². The maximum atomic E-state index is 12.7. The predicted molar refractivity (Wildman–Crippen MR) is 101 cm³/mol. The van der Waals surface area contributed by atoms with Crippen molar-refractivity contribution in [3.05, 3.63) is 59.5 Å². The van der Waals surface area contributed by atoms with E-state index in [2.05, 4.69) is 17.3 Å². The van der Waals surface area contributed by atoms with Gasteiger partial charge in [0.25, 0.3) is 5.91 Å². The molecule has 3 atom stereocenters. The average molecular weight is 365 g/mol. The van der Waals surface area contributed by atoms with Crippen LogP contribution in [0.4, 0.5) is 4.79 Å². The van der Waals surface area contributed by atoms with Gasteiger partial charge in [0.15, 0.2) is 0 Å². The molecular weight excluding hydrogens is 342 g/mol. The highest BCUT2D eigenvalue weighted by atomic mass is 16.3. The monoisotopic (exact) mass is 365 g/mol. The summed E-state index contributed by atoms with van der Waals surface area (Å²) < 4.78 is 5.75. The molecule has 2 heterocycles. The summed E-state index contributed by atoms with van der Waals surface area (Å²) in [6, 6.07) is 13.1. The summed E-state index contributed by atoms with van der Waals surface area (Å²) in [6.45, 7) is 3.93. The second-order valence-electron chi connectivity index (χ2n) is 7.67. The average Bonchev–Trinajstić information content (AvgIpc) is 3.12. The number of benzene rings is 1. The number of nitrogens with one attached hydrogen (secondary N) is 1. The van der Waals surface area contributed by atoms with Crippen LogP contribution in [0.15, 0.2) is 52.0 Å². The lowest BCUT2D eigenvalue weighted by Crippen LogP contribution is -2.44. The van der Waals surface area contributed by atoms with Crippen LogP contribution in [0.2, 0.25) is 0 Å². The molecule has 1 aromatic heterocycles. The van der Waals surface area contributed by atoms with Crippen LogP contribution in [-0.2, 0) is 11.2 Å². The smallest absolute Gasteiger partial charge is 0.346 e. The van der Waals surface area contributed by atoms with Crippen LogP contribution in [0.5, 0.6) is 0 Å². The zero-order valence-electron chi connectivity index (χ0n) is 15.5. The molecule has 0 unspecified atom stereocenters. The van der Waals surface area contributed by atoms with Gasteiger partial charge in [-0.05, 0) is 49.8 Å². The molecule has 2 aromatic rings. The molecule has 4 rings (SSSR count). The van der Waals surface area contributed by atoms with Crippen LogP contribution in [0, 0.1) is 5.92 Å². The van der Waals surface area contributed by atoms with Crippen LogP contribution in [0.1, 0.15) is 49.7 Å². The number of aryl methyl sites for hydroxylation is 1. The Morgan fingerprint density at radius 2 is 2.00 bits per heavy atom. The standard InChI is InChI=1S/C21H23N3O3/c1-14-12-17(14)18-9-8-16(27-18)13-22-24-19(25)21(2,23-20(24)26)11-10-15-6-4-3-5-7-15/h3-9,13-14,17H,10-12H2,1-2H3,(H,23,26)/b22-13-/t14-,17+,21-/m1/s1. The van der Waals surface area contributed by atoms with Gasteiger partial charge in [0.05, 0.1) is 6.21 Å². The van der Waals surface area contributed by atoms with Crippen molar-refractivity contribution in [1.29, 1.82) is 0 Å². The number of imide groups is 1. The fourth-order valence-corrected chi connectivity index (χ4v) is 3.45. The maximum Gasteiger partial charge on any atom is 0.346 e. The Labute approximate surface area is 158 Å². The Kier molecular flexibility index (Phi) is 4.34. The summed E-state index contributed by atoms with van der Waals surface area (Å²) in [4.78, 5) is 25.0. The first-order valence-corrected chi connectivity index (χ1v) is 9.30. The number of rotatable bonds is 6. The number of hydrogen-bond donors (Lipinski definition) is 1. The van der Waals surface area contributed by atoms with Crippen molar-refractivity contribution in [1.82, 2.24) is 10.3 Å². The van der Waals surface area contributed by atoms with Crippen molar-refractivity contribution >= 4 is 18.2 Å². The summed E-state index contributed by atoms with van der Waals surface area (Å²) in [7, 11) is 0. The highest BCUT2D eigenvalue weighted by Crippen LogP contribution is 2.47. The molecule has 1 aliphatic carbocycles. The van der Waals surface area contributed by atoms with Crippen molar-refractivity contribution in [2.24, 2.45) is 11.0 Å². The highest BCUT2D eigenvalue weighted by molar-refractivity contribution is 6.07. The van der Waals surface area contributed by atoms with E-state index in [0.29, 0.717) is 30.4 Å². The zero-order chi connectivity index (χ0) is 19.0. The number of amides is 3. The molecule has 1 saturated heterocycles. The normalized spacial score (nSPS) is 27.4. The van der Waals surface area contributed by atoms with E-state index in [1.807, 2.05) is 42.5 Å². The number of hydrazone groups is 1. The third-order valence-electron chi connectivity index (χ3n) is 5.42. The molecule has 2 fully saturated rings. The number of hydrogen-bond acceptors (Lipinski definition) is 4. The molecule has 140 valence electrons. The number of carbonyl (C=O) groups is 2. The molecule has 1 N–H and O–H groups in total. The molecule has 2 aliphatic rings. The molecular formula is C21H23N3O3. The van der Waals surface area contributed by atoms with Gasteiger partial charge in [-0.15, -0.1) is 5.01 Å². The fourth-order valence-electron chi connectivity index (χ4n) is 3.45. The van der Waals surface area contributed by atoms with Gasteiger partial charge in [-0.25, -0.2) is 4.79 Å². The molecule has 27 heavy (non-hydrogen) atoms. The summed E-state index contributed by atoms with van der Waals surface area (Å²) in [6.07, 6.45) is 3.77. The predicted octanol–water partition coefficient (Wildman–Crippen LogP) is 3.68. The lowest BCUT2D eigenvalue weighted by Gasteiger charge is -2.20. The number of carbonyl (C=O) groups excluding carboxylic acids is 2. The largest absolute Gasteiger partial charge is 0.460 e. The molecule has 0 bridgehead atoms.